The molecular formula is C11H24O4. The van der Waals surface area contributed by atoms with Gasteiger partial charge in [0, 0.05) is 13.2 Å². The van der Waals surface area contributed by atoms with Gasteiger partial charge in [0.15, 0.2) is 0 Å². The lowest BCUT2D eigenvalue weighted by molar-refractivity contribution is 0.0237. The molecule has 2 atom stereocenters. The van der Waals surface area contributed by atoms with E-state index in [1.807, 2.05) is 6.92 Å². The van der Waals surface area contributed by atoms with Crippen LogP contribution in [0.5, 0.6) is 0 Å². The Morgan fingerprint density at radius 2 is 1.53 bits per heavy atom. The molecule has 0 aromatic carbocycles. The van der Waals surface area contributed by atoms with Crippen LogP contribution in [0.3, 0.4) is 0 Å². The highest BCUT2D eigenvalue weighted by atomic mass is 16.5. The first-order valence-corrected chi connectivity index (χ1v) is 5.68. The zero-order chi connectivity index (χ0) is 11.5. The summed E-state index contributed by atoms with van der Waals surface area (Å²) < 4.78 is 10.4. The summed E-state index contributed by atoms with van der Waals surface area (Å²) in [6, 6.07) is 0. The Kier molecular flexibility index (Phi) is 10.3. The van der Waals surface area contributed by atoms with E-state index in [0.29, 0.717) is 26.4 Å². The summed E-state index contributed by atoms with van der Waals surface area (Å²) in [5, 5.41) is 18.1. The van der Waals surface area contributed by atoms with Crippen LogP contribution in [-0.4, -0.2) is 48.8 Å². The van der Waals surface area contributed by atoms with E-state index < -0.39 is 0 Å². The van der Waals surface area contributed by atoms with Gasteiger partial charge in [-0.05, 0) is 26.2 Å². The number of hydrogen-bond donors (Lipinski definition) is 2. The lowest BCUT2D eigenvalue weighted by Gasteiger charge is -2.09. The number of ether oxygens (including phenoxy) is 2. The fourth-order valence-corrected chi connectivity index (χ4v) is 0.999. The molecule has 4 heteroatoms. The van der Waals surface area contributed by atoms with Gasteiger partial charge in [0.2, 0.25) is 0 Å². The Balaban J connectivity index is 2.99. The molecule has 0 radical (unpaired) electrons. The van der Waals surface area contributed by atoms with Gasteiger partial charge in [0.05, 0.1) is 25.4 Å². The van der Waals surface area contributed by atoms with Crippen LogP contribution in [0.15, 0.2) is 0 Å². The molecule has 0 aromatic rings. The molecule has 0 aliphatic rings. The van der Waals surface area contributed by atoms with E-state index in [-0.39, 0.29) is 12.2 Å². The minimum Gasteiger partial charge on any atom is -0.391 e. The molecule has 4 nitrogen and oxygen atoms in total. The maximum Gasteiger partial charge on any atom is 0.0771 e. The van der Waals surface area contributed by atoms with Crippen LogP contribution in [-0.2, 0) is 9.47 Å². The summed E-state index contributed by atoms with van der Waals surface area (Å²) >= 11 is 0. The van der Waals surface area contributed by atoms with Crippen molar-refractivity contribution in [2.75, 3.05) is 26.4 Å². The molecule has 0 rings (SSSR count). The zero-order valence-corrected chi connectivity index (χ0v) is 9.82. The Hall–Kier alpha value is -0.160. The number of rotatable bonds is 10. The lowest BCUT2D eigenvalue weighted by atomic mass is 10.3. The van der Waals surface area contributed by atoms with Gasteiger partial charge in [0.1, 0.15) is 0 Å². The van der Waals surface area contributed by atoms with Crippen molar-refractivity contribution >= 4 is 0 Å². The molecule has 92 valence electrons. The maximum atomic E-state index is 9.18. The van der Waals surface area contributed by atoms with Gasteiger partial charge in [-0.15, -0.1) is 0 Å². The molecule has 0 heterocycles. The summed E-state index contributed by atoms with van der Waals surface area (Å²) in [6.07, 6.45) is 1.86. The van der Waals surface area contributed by atoms with Crippen molar-refractivity contribution in [3.63, 3.8) is 0 Å². The summed E-state index contributed by atoms with van der Waals surface area (Å²) in [5.74, 6) is 0. The van der Waals surface area contributed by atoms with E-state index in [4.69, 9.17) is 14.6 Å². The number of unbranched alkanes of at least 4 members (excludes halogenated alkanes) is 1. The minimum atomic E-state index is -0.388. The monoisotopic (exact) mass is 220 g/mol. The highest BCUT2D eigenvalue weighted by Crippen LogP contribution is 1.95. The summed E-state index contributed by atoms with van der Waals surface area (Å²) in [5.41, 5.74) is 0. The third-order valence-corrected chi connectivity index (χ3v) is 1.97. The smallest absolute Gasteiger partial charge is 0.0771 e. The van der Waals surface area contributed by atoms with E-state index in [1.165, 1.54) is 0 Å². The average Bonchev–Trinajstić information content (AvgIpc) is 2.21. The fraction of sp³-hybridized carbons (Fsp3) is 1.00. The highest BCUT2D eigenvalue weighted by molar-refractivity contribution is 4.49. The van der Waals surface area contributed by atoms with E-state index >= 15 is 0 Å². The highest BCUT2D eigenvalue weighted by Gasteiger charge is 1.99. The standard InChI is InChI=1S/C11H24O4/c1-3-11(13)9-15-7-5-4-6-14-8-10(2)12/h10-13H,3-9H2,1-2H3. The second-order valence-corrected chi connectivity index (χ2v) is 3.77. The molecule has 2 N–H and O–H groups in total. The van der Waals surface area contributed by atoms with Crippen molar-refractivity contribution in [1.82, 2.24) is 0 Å². The van der Waals surface area contributed by atoms with Gasteiger partial charge >= 0.3 is 0 Å². The molecular weight excluding hydrogens is 196 g/mol. The number of aliphatic hydroxyl groups excluding tert-OH is 2. The van der Waals surface area contributed by atoms with Crippen LogP contribution < -0.4 is 0 Å². The van der Waals surface area contributed by atoms with E-state index in [0.717, 1.165) is 19.3 Å². The first kappa shape index (κ1) is 14.8. The largest absolute Gasteiger partial charge is 0.391 e. The number of hydrogen-bond acceptors (Lipinski definition) is 4. The molecule has 0 saturated heterocycles. The normalized spacial score (nSPS) is 15.2. The maximum absolute atomic E-state index is 9.18. The van der Waals surface area contributed by atoms with Crippen molar-refractivity contribution < 1.29 is 19.7 Å². The predicted octanol–water partition coefficient (Wildman–Crippen LogP) is 0.951. The van der Waals surface area contributed by atoms with E-state index in [1.54, 1.807) is 6.92 Å². The van der Waals surface area contributed by atoms with Crippen molar-refractivity contribution in [2.24, 2.45) is 0 Å². The van der Waals surface area contributed by atoms with Crippen molar-refractivity contribution in [3.8, 4) is 0 Å². The first-order chi connectivity index (χ1) is 7.16. The Morgan fingerprint density at radius 1 is 1.00 bits per heavy atom. The van der Waals surface area contributed by atoms with Crippen molar-refractivity contribution in [1.29, 1.82) is 0 Å². The van der Waals surface area contributed by atoms with Gasteiger partial charge in [0.25, 0.3) is 0 Å². The molecule has 0 bridgehead atoms. The Morgan fingerprint density at radius 3 is 2.00 bits per heavy atom. The second kappa shape index (κ2) is 10.4. The van der Waals surface area contributed by atoms with E-state index in [9.17, 15) is 5.11 Å². The van der Waals surface area contributed by atoms with Gasteiger partial charge in [-0.1, -0.05) is 6.92 Å². The first-order valence-electron chi connectivity index (χ1n) is 5.68. The number of aliphatic hydroxyl groups is 2. The average molecular weight is 220 g/mol. The van der Waals surface area contributed by atoms with Gasteiger partial charge in [-0.3, -0.25) is 0 Å². The molecule has 0 aliphatic carbocycles. The minimum absolute atomic E-state index is 0.337. The second-order valence-electron chi connectivity index (χ2n) is 3.77. The summed E-state index contributed by atoms with van der Waals surface area (Å²) in [7, 11) is 0. The molecule has 0 amide bonds. The Bertz CT molecular complexity index is 128. The third kappa shape index (κ3) is 11.8. The molecule has 0 aromatic heterocycles. The molecule has 0 fully saturated rings. The fourth-order valence-electron chi connectivity index (χ4n) is 0.999. The molecule has 2 unspecified atom stereocenters. The van der Waals surface area contributed by atoms with Gasteiger partial charge in [-0.2, -0.15) is 0 Å². The van der Waals surface area contributed by atoms with Gasteiger partial charge < -0.3 is 19.7 Å². The van der Waals surface area contributed by atoms with Crippen molar-refractivity contribution in [2.45, 2.75) is 45.3 Å². The molecule has 0 saturated carbocycles. The predicted molar refractivity (Wildman–Crippen MR) is 58.9 cm³/mol. The van der Waals surface area contributed by atoms with Crippen molar-refractivity contribution in [3.05, 3.63) is 0 Å². The SMILES string of the molecule is CCC(O)COCCCCOCC(C)O. The Labute approximate surface area is 92.2 Å². The van der Waals surface area contributed by atoms with E-state index in [2.05, 4.69) is 0 Å². The van der Waals surface area contributed by atoms with Crippen LogP contribution in [0.1, 0.15) is 33.1 Å². The quantitative estimate of drug-likeness (QED) is 0.538. The van der Waals surface area contributed by atoms with Crippen LogP contribution in [0, 0.1) is 0 Å². The van der Waals surface area contributed by atoms with Crippen LogP contribution in [0.2, 0.25) is 0 Å². The zero-order valence-electron chi connectivity index (χ0n) is 9.82. The third-order valence-electron chi connectivity index (χ3n) is 1.97. The molecule has 0 spiro atoms. The topological polar surface area (TPSA) is 58.9 Å². The van der Waals surface area contributed by atoms with Crippen LogP contribution in [0.25, 0.3) is 0 Å². The van der Waals surface area contributed by atoms with Crippen LogP contribution >= 0.6 is 0 Å². The van der Waals surface area contributed by atoms with Gasteiger partial charge in [-0.25, -0.2) is 0 Å². The lowest BCUT2D eigenvalue weighted by Crippen LogP contribution is -2.14. The van der Waals surface area contributed by atoms with Crippen LogP contribution in [0.4, 0.5) is 0 Å². The molecule has 0 aliphatic heterocycles. The molecule has 15 heavy (non-hydrogen) atoms. The summed E-state index contributed by atoms with van der Waals surface area (Å²) in [6.45, 7) is 5.77. The summed E-state index contributed by atoms with van der Waals surface area (Å²) in [4.78, 5) is 0.